The van der Waals surface area contributed by atoms with E-state index in [9.17, 15) is 4.79 Å². The van der Waals surface area contributed by atoms with Crippen molar-refractivity contribution in [3.05, 3.63) is 84.6 Å². The summed E-state index contributed by atoms with van der Waals surface area (Å²) in [7, 11) is 0. The molecule has 34 heavy (non-hydrogen) atoms. The Hall–Kier alpha value is -3.64. The summed E-state index contributed by atoms with van der Waals surface area (Å²) in [6, 6.07) is 23.6. The van der Waals surface area contributed by atoms with Crippen LogP contribution in [-0.4, -0.2) is 40.2 Å². The van der Waals surface area contributed by atoms with E-state index < -0.39 is 0 Å². The third kappa shape index (κ3) is 5.64. The lowest BCUT2D eigenvalue weighted by molar-refractivity contribution is -0.116. The molecule has 174 valence electrons. The number of aromatic nitrogens is 2. The van der Waals surface area contributed by atoms with Crippen LogP contribution in [0.2, 0.25) is 0 Å². The maximum absolute atomic E-state index is 12.6. The van der Waals surface area contributed by atoms with Crippen LogP contribution in [0.1, 0.15) is 24.8 Å². The quantitative estimate of drug-likeness (QED) is 0.363. The van der Waals surface area contributed by atoms with Crippen LogP contribution in [0.5, 0.6) is 11.5 Å². The van der Waals surface area contributed by atoms with Gasteiger partial charge in [0.2, 0.25) is 5.91 Å². The first kappa shape index (κ1) is 22.2. The average Bonchev–Trinajstić information content (AvgIpc) is 3.53. The smallest absolute Gasteiger partial charge is 0.224 e. The Labute approximate surface area is 200 Å². The van der Waals surface area contributed by atoms with E-state index in [2.05, 4.69) is 15.3 Å². The zero-order valence-corrected chi connectivity index (χ0v) is 19.3. The largest absolute Gasteiger partial charge is 0.457 e. The number of aryl methyl sites for hydroxylation is 1. The van der Waals surface area contributed by atoms with Gasteiger partial charge in [-0.1, -0.05) is 30.3 Å². The van der Waals surface area contributed by atoms with E-state index in [4.69, 9.17) is 4.74 Å². The molecule has 2 heterocycles. The summed E-state index contributed by atoms with van der Waals surface area (Å²) in [6.07, 6.45) is 5.58. The standard InChI is InChI=1S/C28H30N4O2/c33-28(15-10-22-8-13-26(14-9-22)34-25-6-2-1-3-7-25)30-24-12-11-23-21-29-32(27(23)20-24)19-18-31-16-4-5-17-31/h1-3,6-9,11-14,20-21H,4-5,10,15-19H2,(H,30,33). The number of nitrogens with one attached hydrogen (secondary N) is 1. The van der Waals surface area contributed by atoms with E-state index in [0.717, 1.165) is 46.7 Å². The van der Waals surface area contributed by atoms with Crippen molar-refractivity contribution in [3.63, 3.8) is 0 Å². The molecule has 4 aromatic rings. The number of ether oxygens (including phenoxy) is 1. The van der Waals surface area contributed by atoms with Gasteiger partial charge in [-0.2, -0.15) is 5.10 Å². The van der Waals surface area contributed by atoms with E-state index in [1.165, 1.54) is 25.9 Å². The second kappa shape index (κ2) is 10.5. The number of nitrogens with zero attached hydrogens (tertiary/aromatic N) is 3. The van der Waals surface area contributed by atoms with Gasteiger partial charge in [0.15, 0.2) is 0 Å². The van der Waals surface area contributed by atoms with Gasteiger partial charge in [0, 0.05) is 24.0 Å². The lowest BCUT2D eigenvalue weighted by atomic mass is 10.1. The number of hydrogen-bond acceptors (Lipinski definition) is 4. The van der Waals surface area contributed by atoms with Crippen LogP contribution in [0.15, 0.2) is 79.0 Å². The van der Waals surface area contributed by atoms with Crippen LogP contribution in [0.4, 0.5) is 5.69 Å². The summed E-state index contributed by atoms with van der Waals surface area (Å²) in [5.74, 6) is 1.60. The Balaban J connectivity index is 1.14. The third-order valence-electron chi connectivity index (χ3n) is 6.30. The zero-order chi connectivity index (χ0) is 23.2. The molecule has 1 N–H and O–H groups in total. The Morgan fingerprint density at radius 2 is 1.68 bits per heavy atom. The minimum Gasteiger partial charge on any atom is -0.457 e. The van der Waals surface area contributed by atoms with E-state index in [1.807, 2.05) is 83.7 Å². The number of likely N-dealkylation sites (tertiary alicyclic amines) is 1. The minimum atomic E-state index is 0.00657. The van der Waals surface area contributed by atoms with Crippen molar-refractivity contribution in [2.45, 2.75) is 32.2 Å². The fourth-order valence-corrected chi connectivity index (χ4v) is 4.40. The lowest BCUT2D eigenvalue weighted by Crippen LogP contribution is -2.24. The second-order valence-corrected chi connectivity index (χ2v) is 8.80. The monoisotopic (exact) mass is 454 g/mol. The molecular formula is C28H30N4O2. The summed E-state index contributed by atoms with van der Waals surface area (Å²) in [5.41, 5.74) is 2.98. The number of amides is 1. The molecule has 0 radical (unpaired) electrons. The topological polar surface area (TPSA) is 59.4 Å². The molecule has 0 bridgehead atoms. The van der Waals surface area contributed by atoms with Crippen molar-refractivity contribution in [2.75, 3.05) is 25.0 Å². The predicted octanol–water partition coefficient (Wildman–Crippen LogP) is 5.50. The number of rotatable bonds is 9. The van der Waals surface area contributed by atoms with Gasteiger partial charge in [-0.25, -0.2) is 0 Å². The van der Waals surface area contributed by atoms with Crippen LogP contribution in [0.3, 0.4) is 0 Å². The first-order valence-corrected chi connectivity index (χ1v) is 12.0. The van der Waals surface area contributed by atoms with E-state index in [0.29, 0.717) is 12.8 Å². The fourth-order valence-electron chi connectivity index (χ4n) is 4.40. The number of carbonyl (C=O) groups is 1. The van der Waals surface area contributed by atoms with Crippen molar-refractivity contribution in [1.29, 1.82) is 0 Å². The minimum absolute atomic E-state index is 0.00657. The SMILES string of the molecule is O=C(CCc1ccc(Oc2ccccc2)cc1)Nc1ccc2cnn(CCN3CCCC3)c2c1. The Kier molecular flexibility index (Phi) is 6.86. The highest BCUT2D eigenvalue weighted by molar-refractivity contribution is 5.93. The molecule has 1 fully saturated rings. The van der Waals surface area contributed by atoms with E-state index in [1.54, 1.807) is 0 Å². The highest BCUT2D eigenvalue weighted by Crippen LogP contribution is 2.22. The molecule has 0 spiro atoms. The fraction of sp³-hybridized carbons (Fsp3) is 0.286. The number of carbonyl (C=O) groups excluding carboxylic acids is 1. The Morgan fingerprint density at radius 3 is 2.47 bits per heavy atom. The first-order valence-electron chi connectivity index (χ1n) is 12.0. The molecule has 6 heteroatoms. The Bertz CT molecular complexity index is 1230. The average molecular weight is 455 g/mol. The maximum atomic E-state index is 12.6. The molecule has 5 rings (SSSR count). The van der Waals surface area contributed by atoms with Gasteiger partial charge < -0.3 is 15.0 Å². The molecule has 0 aliphatic carbocycles. The van der Waals surface area contributed by atoms with E-state index >= 15 is 0 Å². The summed E-state index contributed by atoms with van der Waals surface area (Å²) in [5, 5.41) is 8.70. The molecule has 1 aromatic heterocycles. The first-order chi connectivity index (χ1) is 16.7. The maximum Gasteiger partial charge on any atom is 0.224 e. The predicted molar refractivity (Wildman–Crippen MR) is 135 cm³/mol. The van der Waals surface area contributed by atoms with Crippen molar-refractivity contribution >= 4 is 22.5 Å². The van der Waals surface area contributed by atoms with Gasteiger partial charge >= 0.3 is 0 Å². The van der Waals surface area contributed by atoms with Crippen molar-refractivity contribution in [3.8, 4) is 11.5 Å². The molecule has 6 nitrogen and oxygen atoms in total. The van der Waals surface area contributed by atoms with Crippen LogP contribution in [0.25, 0.3) is 10.9 Å². The van der Waals surface area contributed by atoms with Gasteiger partial charge in [0.25, 0.3) is 0 Å². The summed E-state index contributed by atoms with van der Waals surface area (Å²) >= 11 is 0. The molecule has 1 saturated heterocycles. The summed E-state index contributed by atoms with van der Waals surface area (Å²) in [6.45, 7) is 4.25. The Morgan fingerprint density at radius 1 is 0.912 bits per heavy atom. The third-order valence-corrected chi connectivity index (χ3v) is 6.30. The van der Waals surface area contributed by atoms with Crippen molar-refractivity contribution in [2.24, 2.45) is 0 Å². The molecule has 1 aliphatic rings. The van der Waals surface area contributed by atoms with E-state index in [-0.39, 0.29) is 5.91 Å². The van der Waals surface area contributed by atoms with Crippen LogP contribution >= 0.6 is 0 Å². The highest BCUT2D eigenvalue weighted by atomic mass is 16.5. The normalized spacial score (nSPS) is 13.9. The van der Waals surface area contributed by atoms with Gasteiger partial charge in [0.1, 0.15) is 11.5 Å². The number of para-hydroxylation sites is 1. The van der Waals surface area contributed by atoms with Gasteiger partial charge in [-0.15, -0.1) is 0 Å². The van der Waals surface area contributed by atoms with Gasteiger partial charge in [-0.05, 0) is 80.4 Å². The van der Waals surface area contributed by atoms with Crippen LogP contribution in [0, 0.1) is 0 Å². The molecule has 0 atom stereocenters. The van der Waals surface area contributed by atoms with Crippen LogP contribution < -0.4 is 10.1 Å². The zero-order valence-electron chi connectivity index (χ0n) is 19.3. The molecule has 1 amide bonds. The van der Waals surface area contributed by atoms with Gasteiger partial charge in [-0.3, -0.25) is 9.48 Å². The second-order valence-electron chi connectivity index (χ2n) is 8.80. The number of benzene rings is 3. The number of anilines is 1. The lowest BCUT2D eigenvalue weighted by Gasteiger charge is -2.14. The summed E-state index contributed by atoms with van der Waals surface area (Å²) < 4.78 is 7.88. The molecule has 1 aliphatic heterocycles. The van der Waals surface area contributed by atoms with Crippen molar-refractivity contribution in [1.82, 2.24) is 14.7 Å². The number of fused-ring (bicyclic) bond motifs is 1. The molecule has 0 unspecified atom stereocenters. The molecule has 3 aromatic carbocycles. The molecular weight excluding hydrogens is 424 g/mol. The van der Waals surface area contributed by atoms with Crippen molar-refractivity contribution < 1.29 is 9.53 Å². The highest BCUT2D eigenvalue weighted by Gasteiger charge is 2.12. The van der Waals surface area contributed by atoms with Gasteiger partial charge in [0.05, 0.1) is 18.3 Å². The number of hydrogen-bond donors (Lipinski definition) is 1. The summed E-state index contributed by atoms with van der Waals surface area (Å²) in [4.78, 5) is 15.1. The van der Waals surface area contributed by atoms with Crippen LogP contribution in [-0.2, 0) is 17.8 Å². The molecule has 0 saturated carbocycles.